The summed E-state index contributed by atoms with van der Waals surface area (Å²) in [5.41, 5.74) is 5.51. The molecule has 0 unspecified atom stereocenters. The van der Waals surface area contributed by atoms with Gasteiger partial charge in [0.15, 0.2) is 0 Å². The Morgan fingerprint density at radius 1 is 0.733 bits per heavy atom. The molecule has 0 bridgehead atoms. The molecule has 0 saturated carbocycles. The second kappa shape index (κ2) is 21.4. The van der Waals surface area contributed by atoms with Gasteiger partial charge in [-0.3, -0.25) is 0 Å². The maximum atomic E-state index is 5.51. The summed E-state index contributed by atoms with van der Waals surface area (Å²) in [6, 6.07) is 0. The first kappa shape index (κ1) is 27.2. The summed E-state index contributed by atoms with van der Waals surface area (Å²) in [5, 5.41) is 3.35. The summed E-state index contributed by atoms with van der Waals surface area (Å²) in [6.07, 6.45) is 29.4. The van der Waals surface area contributed by atoms with Crippen molar-refractivity contribution < 1.29 is 0 Å². The van der Waals surface area contributed by atoms with Gasteiger partial charge in [0.2, 0.25) is 0 Å². The van der Waals surface area contributed by atoms with Crippen LogP contribution in [0.15, 0.2) is 12.4 Å². The molecule has 1 rings (SSSR count). The molecule has 1 heterocycles. The molecular formula is C26H52N4. The molecule has 1 aromatic rings. The van der Waals surface area contributed by atoms with Gasteiger partial charge in [-0.15, -0.1) is 0 Å². The molecule has 4 heteroatoms. The lowest BCUT2D eigenvalue weighted by molar-refractivity contribution is 0.524. The highest BCUT2D eigenvalue weighted by molar-refractivity contribution is 4.92. The van der Waals surface area contributed by atoms with E-state index in [1.165, 1.54) is 115 Å². The first-order valence-corrected chi connectivity index (χ1v) is 13.3. The van der Waals surface area contributed by atoms with Gasteiger partial charge in [0.1, 0.15) is 5.82 Å². The number of nitrogens with zero attached hydrogens (tertiary/aromatic N) is 2. The molecule has 0 aromatic carbocycles. The SMILES string of the molecule is CCCCCCCCCCCCCCCCCCCc1nccn1CCNCCN. The van der Waals surface area contributed by atoms with E-state index in [9.17, 15) is 0 Å². The van der Waals surface area contributed by atoms with Gasteiger partial charge >= 0.3 is 0 Å². The van der Waals surface area contributed by atoms with Crippen molar-refractivity contribution in [2.45, 2.75) is 129 Å². The van der Waals surface area contributed by atoms with Crippen molar-refractivity contribution in [1.82, 2.24) is 14.9 Å². The summed E-state index contributed by atoms with van der Waals surface area (Å²) in [5.74, 6) is 1.24. The molecule has 0 saturated heterocycles. The van der Waals surface area contributed by atoms with Crippen LogP contribution < -0.4 is 11.1 Å². The molecule has 0 amide bonds. The van der Waals surface area contributed by atoms with E-state index in [4.69, 9.17) is 5.73 Å². The van der Waals surface area contributed by atoms with Crippen molar-refractivity contribution in [2.24, 2.45) is 5.73 Å². The van der Waals surface area contributed by atoms with E-state index >= 15 is 0 Å². The fourth-order valence-corrected chi connectivity index (χ4v) is 4.21. The van der Waals surface area contributed by atoms with E-state index in [2.05, 4.69) is 28.0 Å². The van der Waals surface area contributed by atoms with Crippen LogP contribution in [-0.4, -0.2) is 29.2 Å². The Balaban J connectivity index is 1.81. The maximum Gasteiger partial charge on any atom is 0.108 e. The zero-order valence-electron chi connectivity index (χ0n) is 20.2. The Hall–Kier alpha value is -0.870. The largest absolute Gasteiger partial charge is 0.334 e. The van der Waals surface area contributed by atoms with Crippen LogP contribution in [0, 0.1) is 0 Å². The van der Waals surface area contributed by atoms with E-state index in [0.29, 0.717) is 6.54 Å². The molecule has 176 valence electrons. The average molecular weight is 421 g/mol. The minimum Gasteiger partial charge on any atom is -0.334 e. The van der Waals surface area contributed by atoms with Gasteiger partial charge in [-0.1, -0.05) is 110 Å². The number of nitrogens with one attached hydrogen (secondary N) is 1. The number of rotatable bonds is 23. The van der Waals surface area contributed by atoms with Crippen LogP contribution >= 0.6 is 0 Å². The molecule has 0 aliphatic heterocycles. The van der Waals surface area contributed by atoms with Gasteiger partial charge in [-0.05, 0) is 6.42 Å². The quantitative estimate of drug-likeness (QED) is 0.195. The molecule has 0 atom stereocenters. The Morgan fingerprint density at radius 3 is 1.73 bits per heavy atom. The van der Waals surface area contributed by atoms with Crippen LogP contribution in [0.1, 0.15) is 122 Å². The lowest BCUT2D eigenvalue weighted by Crippen LogP contribution is -2.26. The zero-order valence-corrected chi connectivity index (χ0v) is 20.2. The highest BCUT2D eigenvalue weighted by Crippen LogP contribution is 2.14. The van der Waals surface area contributed by atoms with Gasteiger partial charge in [-0.25, -0.2) is 4.98 Å². The third-order valence-electron chi connectivity index (χ3n) is 6.16. The van der Waals surface area contributed by atoms with Crippen molar-refractivity contribution in [3.8, 4) is 0 Å². The number of unbranched alkanes of at least 4 members (excludes halogenated alkanes) is 16. The van der Waals surface area contributed by atoms with Crippen molar-refractivity contribution >= 4 is 0 Å². The average Bonchev–Trinajstić information content (AvgIpc) is 3.20. The van der Waals surface area contributed by atoms with E-state index in [-0.39, 0.29) is 0 Å². The lowest BCUT2D eigenvalue weighted by atomic mass is 10.0. The molecule has 4 nitrogen and oxygen atoms in total. The van der Waals surface area contributed by atoms with Crippen LogP contribution in [0.4, 0.5) is 0 Å². The van der Waals surface area contributed by atoms with E-state index < -0.39 is 0 Å². The highest BCUT2D eigenvalue weighted by Gasteiger charge is 2.02. The maximum absolute atomic E-state index is 5.51. The normalized spacial score (nSPS) is 11.4. The third-order valence-corrected chi connectivity index (χ3v) is 6.16. The van der Waals surface area contributed by atoms with E-state index in [1.54, 1.807) is 0 Å². The van der Waals surface area contributed by atoms with Crippen LogP contribution in [0.25, 0.3) is 0 Å². The summed E-state index contributed by atoms with van der Waals surface area (Å²) >= 11 is 0. The minimum atomic E-state index is 0.704. The van der Waals surface area contributed by atoms with Crippen molar-refractivity contribution in [3.05, 3.63) is 18.2 Å². The topological polar surface area (TPSA) is 55.9 Å². The Labute approximate surface area is 187 Å². The molecule has 0 radical (unpaired) electrons. The first-order chi connectivity index (χ1) is 14.9. The third kappa shape index (κ3) is 15.9. The van der Waals surface area contributed by atoms with Crippen molar-refractivity contribution in [1.29, 1.82) is 0 Å². The molecular weight excluding hydrogens is 368 g/mol. The number of aromatic nitrogens is 2. The van der Waals surface area contributed by atoms with Crippen LogP contribution in [0.5, 0.6) is 0 Å². The first-order valence-electron chi connectivity index (χ1n) is 13.3. The predicted octanol–water partition coefficient (Wildman–Crippen LogP) is 6.63. The second-order valence-corrected chi connectivity index (χ2v) is 8.98. The fourth-order valence-electron chi connectivity index (χ4n) is 4.21. The van der Waals surface area contributed by atoms with Crippen LogP contribution in [0.2, 0.25) is 0 Å². The number of hydrogen-bond donors (Lipinski definition) is 2. The molecule has 0 spiro atoms. The Kier molecular flexibility index (Phi) is 19.3. The van der Waals surface area contributed by atoms with Crippen LogP contribution in [-0.2, 0) is 13.0 Å². The summed E-state index contributed by atoms with van der Waals surface area (Å²) in [7, 11) is 0. The highest BCUT2D eigenvalue weighted by atomic mass is 15.1. The van der Waals surface area contributed by atoms with Crippen LogP contribution in [0.3, 0.4) is 0 Å². The molecule has 30 heavy (non-hydrogen) atoms. The smallest absolute Gasteiger partial charge is 0.108 e. The van der Waals surface area contributed by atoms with E-state index in [1.807, 2.05) is 6.20 Å². The minimum absolute atomic E-state index is 0.704. The van der Waals surface area contributed by atoms with Gasteiger partial charge in [0.05, 0.1) is 0 Å². The predicted molar refractivity (Wildman–Crippen MR) is 132 cm³/mol. The van der Waals surface area contributed by atoms with Gasteiger partial charge in [0.25, 0.3) is 0 Å². The number of aryl methyl sites for hydroxylation is 1. The Morgan fingerprint density at radius 2 is 1.23 bits per heavy atom. The standard InChI is InChI=1S/C26H52N4/c1-2-3-4-5-6-7-8-9-10-11-12-13-14-15-16-17-18-19-26-29-23-25-30(26)24-22-28-21-20-27/h23,25,28H,2-22,24,27H2,1H3. The lowest BCUT2D eigenvalue weighted by Gasteiger charge is -2.08. The van der Waals surface area contributed by atoms with E-state index in [0.717, 1.165) is 26.1 Å². The number of hydrogen-bond acceptors (Lipinski definition) is 3. The molecule has 3 N–H and O–H groups in total. The van der Waals surface area contributed by atoms with Gasteiger partial charge in [0, 0.05) is 45.0 Å². The zero-order chi connectivity index (χ0) is 21.5. The van der Waals surface area contributed by atoms with Crippen molar-refractivity contribution in [2.75, 3.05) is 19.6 Å². The molecule has 0 aliphatic rings. The van der Waals surface area contributed by atoms with Gasteiger partial charge < -0.3 is 15.6 Å². The molecule has 0 aliphatic carbocycles. The molecule has 0 fully saturated rings. The fraction of sp³-hybridized carbons (Fsp3) is 0.885. The van der Waals surface area contributed by atoms with Gasteiger partial charge in [-0.2, -0.15) is 0 Å². The number of nitrogens with two attached hydrogens (primary N) is 1. The summed E-state index contributed by atoms with van der Waals surface area (Å²) in [4.78, 5) is 4.54. The Bertz CT molecular complexity index is 458. The molecule has 1 aromatic heterocycles. The monoisotopic (exact) mass is 420 g/mol. The second-order valence-electron chi connectivity index (χ2n) is 8.98. The van der Waals surface area contributed by atoms with Crippen molar-refractivity contribution in [3.63, 3.8) is 0 Å². The summed E-state index contributed by atoms with van der Waals surface area (Å²) < 4.78 is 2.29. The number of imidazole rings is 1. The summed E-state index contributed by atoms with van der Waals surface area (Å²) in [6.45, 7) is 5.86.